The van der Waals surface area contributed by atoms with Crippen LogP contribution in [0.25, 0.3) is 0 Å². The van der Waals surface area contributed by atoms with Crippen LogP contribution < -0.4 is 14.4 Å². The maximum Gasteiger partial charge on any atom is 0.264 e. The van der Waals surface area contributed by atoms with Crippen molar-refractivity contribution in [2.24, 2.45) is 0 Å². The van der Waals surface area contributed by atoms with Crippen LogP contribution in [0.4, 0.5) is 5.69 Å². The number of amides is 2. The molecule has 42 heavy (non-hydrogen) atoms. The first kappa shape index (κ1) is 33.2. The van der Waals surface area contributed by atoms with E-state index in [1.165, 1.54) is 36.3 Å². The molecule has 0 heterocycles. The van der Waals surface area contributed by atoms with Crippen molar-refractivity contribution in [2.75, 3.05) is 24.5 Å². The Morgan fingerprint density at radius 3 is 2.21 bits per heavy atom. The maximum atomic E-state index is 14.1. The molecule has 0 bridgehead atoms. The van der Waals surface area contributed by atoms with Crippen LogP contribution in [-0.2, 0) is 26.2 Å². The van der Waals surface area contributed by atoms with E-state index in [2.05, 4.69) is 5.32 Å². The number of aryl methyl sites for hydroxylation is 1. The SMILES string of the molecule is CCCCNC(=O)[C@H](CC)N(Cc1ccc(Cl)cc1)C(=O)CN(c1ccc(OC)c(Cl)c1)S(=O)(=O)c1ccc(C)cc1. The van der Waals surface area contributed by atoms with Gasteiger partial charge in [-0.25, -0.2) is 8.42 Å². The van der Waals surface area contributed by atoms with Crippen LogP contribution in [0.5, 0.6) is 5.75 Å². The minimum Gasteiger partial charge on any atom is -0.495 e. The molecule has 0 spiro atoms. The lowest BCUT2D eigenvalue weighted by Gasteiger charge is -2.33. The summed E-state index contributed by atoms with van der Waals surface area (Å²) in [5, 5.41) is 3.64. The number of nitrogens with one attached hydrogen (secondary N) is 1. The molecule has 2 amide bonds. The number of hydrogen-bond acceptors (Lipinski definition) is 5. The fourth-order valence-electron chi connectivity index (χ4n) is 4.39. The Bertz CT molecular complexity index is 1460. The zero-order valence-corrected chi connectivity index (χ0v) is 26.6. The van der Waals surface area contributed by atoms with Crippen LogP contribution in [0.15, 0.2) is 71.6 Å². The van der Waals surface area contributed by atoms with Gasteiger partial charge in [0.1, 0.15) is 18.3 Å². The molecule has 0 aliphatic carbocycles. The second-order valence-electron chi connectivity index (χ2n) is 9.86. The molecule has 3 aromatic rings. The Hall–Kier alpha value is -3.27. The van der Waals surface area contributed by atoms with Gasteiger partial charge >= 0.3 is 0 Å². The summed E-state index contributed by atoms with van der Waals surface area (Å²) in [6.45, 7) is 5.69. The van der Waals surface area contributed by atoms with Gasteiger partial charge in [0.2, 0.25) is 11.8 Å². The summed E-state index contributed by atoms with van der Waals surface area (Å²) in [4.78, 5) is 28.8. The van der Waals surface area contributed by atoms with E-state index < -0.39 is 28.5 Å². The third kappa shape index (κ3) is 8.40. The van der Waals surface area contributed by atoms with E-state index in [0.717, 1.165) is 28.3 Å². The minimum absolute atomic E-state index is 0.0152. The van der Waals surface area contributed by atoms with Gasteiger partial charge in [0.15, 0.2) is 0 Å². The number of sulfonamides is 1. The third-order valence-electron chi connectivity index (χ3n) is 6.79. The number of nitrogens with zero attached hydrogens (tertiary/aromatic N) is 2. The molecule has 0 unspecified atom stereocenters. The first-order valence-corrected chi connectivity index (χ1v) is 16.0. The fourth-order valence-corrected chi connectivity index (χ4v) is 6.17. The van der Waals surface area contributed by atoms with Crippen LogP contribution >= 0.6 is 23.2 Å². The molecule has 3 aromatic carbocycles. The lowest BCUT2D eigenvalue weighted by Crippen LogP contribution is -2.52. The number of methoxy groups -OCH3 is 1. The average molecular weight is 635 g/mol. The van der Waals surface area contributed by atoms with E-state index in [9.17, 15) is 18.0 Å². The van der Waals surface area contributed by atoms with Crippen LogP contribution in [-0.4, -0.2) is 51.4 Å². The van der Waals surface area contributed by atoms with Gasteiger partial charge in [0.25, 0.3) is 10.0 Å². The van der Waals surface area contributed by atoms with Crippen molar-refractivity contribution >= 4 is 50.7 Å². The highest BCUT2D eigenvalue weighted by molar-refractivity contribution is 7.92. The molecule has 226 valence electrons. The van der Waals surface area contributed by atoms with Crippen molar-refractivity contribution in [3.8, 4) is 5.75 Å². The van der Waals surface area contributed by atoms with E-state index in [1.807, 2.05) is 20.8 Å². The molecule has 1 N–H and O–H groups in total. The predicted octanol–water partition coefficient (Wildman–Crippen LogP) is 6.23. The molecule has 11 heteroatoms. The first-order valence-electron chi connectivity index (χ1n) is 13.8. The topological polar surface area (TPSA) is 96.0 Å². The van der Waals surface area contributed by atoms with Gasteiger partial charge in [-0.2, -0.15) is 0 Å². The molecule has 0 saturated carbocycles. The molecule has 3 rings (SSSR count). The number of benzene rings is 3. The van der Waals surface area contributed by atoms with Crippen molar-refractivity contribution < 1.29 is 22.7 Å². The van der Waals surface area contributed by atoms with Crippen molar-refractivity contribution in [1.82, 2.24) is 10.2 Å². The number of carbonyl (C=O) groups excluding carboxylic acids is 2. The summed E-state index contributed by atoms with van der Waals surface area (Å²) < 4.78 is 34.3. The summed E-state index contributed by atoms with van der Waals surface area (Å²) in [6, 6.07) is 17.0. The summed E-state index contributed by atoms with van der Waals surface area (Å²) in [7, 11) is -2.76. The number of hydrogen-bond donors (Lipinski definition) is 1. The molecule has 0 radical (unpaired) electrons. The number of carbonyl (C=O) groups is 2. The molecule has 0 aliphatic heterocycles. The summed E-state index contributed by atoms with van der Waals surface area (Å²) in [5.74, 6) is -0.489. The van der Waals surface area contributed by atoms with Crippen LogP contribution in [0.1, 0.15) is 44.2 Å². The zero-order chi connectivity index (χ0) is 30.9. The van der Waals surface area contributed by atoms with Crippen LogP contribution in [0, 0.1) is 6.92 Å². The van der Waals surface area contributed by atoms with E-state index in [4.69, 9.17) is 27.9 Å². The van der Waals surface area contributed by atoms with Gasteiger partial charge in [-0.05, 0) is 67.8 Å². The molecule has 1 atom stereocenters. The summed E-state index contributed by atoms with van der Waals surface area (Å²) in [6.07, 6.45) is 2.03. The third-order valence-corrected chi connectivity index (χ3v) is 9.13. The van der Waals surface area contributed by atoms with Gasteiger partial charge < -0.3 is 15.0 Å². The first-order chi connectivity index (χ1) is 20.0. The van der Waals surface area contributed by atoms with E-state index >= 15 is 0 Å². The molecular weight excluding hydrogens is 597 g/mol. The second kappa shape index (κ2) is 15.3. The number of ether oxygens (including phenoxy) is 1. The van der Waals surface area contributed by atoms with E-state index in [0.29, 0.717) is 23.7 Å². The van der Waals surface area contributed by atoms with Crippen molar-refractivity contribution in [1.29, 1.82) is 0 Å². The Morgan fingerprint density at radius 1 is 0.976 bits per heavy atom. The summed E-state index contributed by atoms with van der Waals surface area (Å²) in [5.41, 5.74) is 1.81. The highest BCUT2D eigenvalue weighted by Crippen LogP contribution is 2.32. The number of unbranched alkanes of at least 4 members (excludes halogenated alkanes) is 1. The van der Waals surface area contributed by atoms with Gasteiger partial charge in [0.05, 0.1) is 22.7 Å². The van der Waals surface area contributed by atoms with Crippen LogP contribution in [0.2, 0.25) is 10.0 Å². The van der Waals surface area contributed by atoms with E-state index in [1.54, 1.807) is 42.5 Å². The molecule has 0 saturated heterocycles. The molecule has 0 fully saturated rings. The Labute approximate surface area is 258 Å². The Kier molecular flexibility index (Phi) is 12.1. The Balaban J connectivity index is 2.06. The number of anilines is 1. The van der Waals surface area contributed by atoms with Crippen LogP contribution in [0.3, 0.4) is 0 Å². The minimum atomic E-state index is -4.22. The van der Waals surface area contributed by atoms with Gasteiger partial charge in [-0.1, -0.05) is 73.3 Å². The Morgan fingerprint density at radius 2 is 1.64 bits per heavy atom. The van der Waals surface area contributed by atoms with Gasteiger partial charge in [-0.15, -0.1) is 0 Å². The molecular formula is C31H37Cl2N3O5S. The fraction of sp³-hybridized carbons (Fsp3) is 0.355. The van der Waals surface area contributed by atoms with Gasteiger partial charge in [0, 0.05) is 18.1 Å². The average Bonchev–Trinajstić information content (AvgIpc) is 2.97. The predicted molar refractivity (Wildman–Crippen MR) is 168 cm³/mol. The monoisotopic (exact) mass is 633 g/mol. The molecule has 0 aromatic heterocycles. The van der Waals surface area contributed by atoms with Crippen molar-refractivity contribution in [3.63, 3.8) is 0 Å². The molecule has 8 nitrogen and oxygen atoms in total. The quantitative estimate of drug-likeness (QED) is 0.212. The largest absolute Gasteiger partial charge is 0.495 e. The summed E-state index contributed by atoms with van der Waals surface area (Å²) >= 11 is 12.5. The number of halogens is 2. The highest BCUT2D eigenvalue weighted by atomic mass is 35.5. The van der Waals surface area contributed by atoms with Crippen molar-refractivity contribution in [2.45, 2.75) is 57.5 Å². The lowest BCUT2D eigenvalue weighted by atomic mass is 10.1. The smallest absolute Gasteiger partial charge is 0.264 e. The second-order valence-corrected chi connectivity index (χ2v) is 12.6. The zero-order valence-electron chi connectivity index (χ0n) is 24.3. The standard InChI is InChI=1S/C31H37Cl2N3O5S/c1-5-7-18-34-31(38)28(6-2)35(20-23-10-12-24(32)13-11-23)30(37)21-36(25-14-17-29(41-4)27(33)19-25)42(39,40)26-15-8-22(3)9-16-26/h8-17,19,28H,5-7,18,20-21H2,1-4H3,(H,34,38)/t28-/m0/s1. The van der Waals surface area contributed by atoms with E-state index in [-0.39, 0.29) is 28.1 Å². The maximum absolute atomic E-state index is 14.1. The number of rotatable bonds is 14. The lowest BCUT2D eigenvalue weighted by molar-refractivity contribution is -0.140. The van der Waals surface area contributed by atoms with Crippen molar-refractivity contribution in [3.05, 3.63) is 87.9 Å². The van der Waals surface area contributed by atoms with Gasteiger partial charge in [-0.3, -0.25) is 13.9 Å². The normalized spacial score (nSPS) is 12.0. The molecule has 0 aliphatic rings. The highest BCUT2D eigenvalue weighted by Gasteiger charge is 2.34.